The predicted octanol–water partition coefficient (Wildman–Crippen LogP) is 5.67. The van der Waals surface area contributed by atoms with Gasteiger partial charge < -0.3 is 19.7 Å². The van der Waals surface area contributed by atoms with Crippen LogP contribution in [0, 0.1) is 10.5 Å². The van der Waals surface area contributed by atoms with Gasteiger partial charge in [-0.05, 0) is 85.0 Å². The molecule has 1 amide bonds. The van der Waals surface area contributed by atoms with Crippen molar-refractivity contribution in [3.63, 3.8) is 0 Å². The lowest BCUT2D eigenvalue weighted by molar-refractivity contribution is -0.118. The highest BCUT2D eigenvalue weighted by molar-refractivity contribution is 14.1. The van der Waals surface area contributed by atoms with Gasteiger partial charge in [-0.2, -0.15) is 0 Å². The number of ether oxygens (including phenoxy) is 2. The second kappa shape index (κ2) is 10.9. The lowest BCUT2D eigenvalue weighted by atomic mass is 9.71. The summed E-state index contributed by atoms with van der Waals surface area (Å²) in [6, 6.07) is 11.4. The number of halogens is 1. The first-order valence-electron chi connectivity index (χ1n) is 12.9. The first kappa shape index (κ1) is 26.5. The molecule has 3 aliphatic rings. The van der Waals surface area contributed by atoms with Crippen molar-refractivity contribution in [2.45, 2.75) is 51.4 Å². The minimum Gasteiger partial charge on any atom is -0.493 e. The average molecular weight is 626 g/mol. The molecule has 0 saturated carbocycles. The van der Waals surface area contributed by atoms with Crippen LogP contribution in [0.5, 0.6) is 11.5 Å². The van der Waals surface area contributed by atoms with Gasteiger partial charge in [0.05, 0.1) is 10.7 Å². The summed E-state index contributed by atoms with van der Waals surface area (Å²) in [7, 11) is 3.54. The standard InChI is InChI=1S/C30H31IN2O5/c1-17-10-12-19(13-11-17)32-26(36)16-38-30-20(31)14-18(15-25(30)37-3)27-28-21(6-4-8-23(28)34)33(2)22-7-5-9-24(35)29(22)27/h10-15,27H,4-9,16H2,1-3H3,(H,32,36). The molecule has 0 saturated heterocycles. The largest absolute Gasteiger partial charge is 0.493 e. The smallest absolute Gasteiger partial charge is 0.262 e. The number of Topliss-reactive ketones (excluding diaryl/α,β-unsaturated/α-hetero) is 2. The molecule has 2 aromatic carbocycles. The first-order valence-corrected chi connectivity index (χ1v) is 14.0. The van der Waals surface area contributed by atoms with E-state index in [0.717, 1.165) is 62.9 Å². The van der Waals surface area contributed by atoms with E-state index in [9.17, 15) is 14.4 Å². The van der Waals surface area contributed by atoms with Crippen LogP contribution in [0.25, 0.3) is 0 Å². The van der Waals surface area contributed by atoms with Crippen LogP contribution in [0.1, 0.15) is 55.6 Å². The van der Waals surface area contributed by atoms with Gasteiger partial charge >= 0.3 is 0 Å². The van der Waals surface area contributed by atoms with Crippen LogP contribution in [0.3, 0.4) is 0 Å². The minimum absolute atomic E-state index is 0.107. The van der Waals surface area contributed by atoms with Crippen molar-refractivity contribution in [2.24, 2.45) is 0 Å². The van der Waals surface area contributed by atoms with Gasteiger partial charge in [-0.15, -0.1) is 0 Å². The molecular weight excluding hydrogens is 595 g/mol. The third kappa shape index (κ3) is 4.98. The summed E-state index contributed by atoms with van der Waals surface area (Å²) in [6.07, 6.45) is 4.28. The van der Waals surface area contributed by atoms with E-state index in [4.69, 9.17) is 9.47 Å². The second-order valence-electron chi connectivity index (χ2n) is 10.0. The summed E-state index contributed by atoms with van der Waals surface area (Å²) in [5, 5.41) is 2.84. The summed E-state index contributed by atoms with van der Waals surface area (Å²) in [5.41, 5.74) is 6.17. The van der Waals surface area contributed by atoms with Gasteiger partial charge in [0.25, 0.3) is 5.91 Å². The number of anilines is 1. The quantitative estimate of drug-likeness (QED) is 0.417. The van der Waals surface area contributed by atoms with Gasteiger partial charge in [-0.25, -0.2) is 0 Å². The third-order valence-electron chi connectivity index (χ3n) is 7.51. The number of carbonyl (C=O) groups is 3. The monoisotopic (exact) mass is 626 g/mol. The number of hydrogen-bond donors (Lipinski definition) is 1. The Morgan fingerprint density at radius 1 is 1.00 bits per heavy atom. The van der Waals surface area contributed by atoms with E-state index in [0.29, 0.717) is 30.0 Å². The fourth-order valence-corrected chi connectivity index (χ4v) is 6.49. The molecule has 0 atom stereocenters. The van der Waals surface area contributed by atoms with Crippen LogP contribution < -0.4 is 14.8 Å². The second-order valence-corrected chi connectivity index (χ2v) is 11.2. The lowest BCUT2D eigenvalue weighted by Crippen LogP contribution is -2.37. The number of rotatable bonds is 6. The maximum Gasteiger partial charge on any atom is 0.262 e. The molecule has 2 aromatic rings. The average Bonchev–Trinajstić information content (AvgIpc) is 2.90. The molecule has 0 aromatic heterocycles. The lowest BCUT2D eigenvalue weighted by Gasteiger charge is -2.42. The molecule has 0 bridgehead atoms. The zero-order chi connectivity index (χ0) is 27.0. The third-order valence-corrected chi connectivity index (χ3v) is 8.31. The normalized spacial score (nSPS) is 17.8. The maximum atomic E-state index is 13.3. The Labute approximate surface area is 236 Å². The Morgan fingerprint density at radius 3 is 2.18 bits per heavy atom. The van der Waals surface area contributed by atoms with Crippen molar-refractivity contribution >= 4 is 45.8 Å². The zero-order valence-corrected chi connectivity index (χ0v) is 24.0. The zero-order valence-electron chi connectivity index (χ0n) is 21.9. The number of hydrogen-bond acceptors (Lipinski definition) is 6. The summed E-state index contributed by atoms with van der Waals surface area (Å²) < 4.78 is 12.4. The van der Waals surface area contributed by atoms with Crippen molar-refractivity contribution < 1.29 is 23.9 Å². The van der Waals surface area contributed by atoms with Gasteiger partial charge in [-0.3, -0.25) is 14.4 Å². The number of carbonyl (C=O) groups excluding carboxylic acids is 3. The predicted molar refractivity (Wildman–Crippen MR) is 153 cm³/mol. The number of amides is 1. The molecule has 198 valence electrons. The van der Waals surface area contributed by atoms with Crippen molar-refractivity contribution in [3.05, 3.63) is 73.6 Å². The molecule has 7 nitrogen and oxygen atoms in total. The summed E-state index contributed by atoms with van der Waals surface area (Å²) in [5.74, 6) is 0.432. The fourth-order valence-electron chi connectivity index (χ4n) is 5.70. The van der Waals surface area contributed by atoms with Gasteiger partial charge in [0.1, 0.15) is 0 Å². The van der Waals surface area contributed by atoms with Crippen molar-refractivity contribution in [1.29, 1.82) is 0 Å². The maximum absolute atomic E-state index is 13.3. The van der Waals surface area contributed by atoms with Crippen LogP contribution in [-0.4, -0.2) is 43.1 Å². The molecule has 0 unspecified atom stereocenters. The molecule has 0 spiro atoms. The van der Waals surface area contributed by atoms with E-state index < -0.39 is 5.92 Å². The van der Waals surface area contributed by atoms with Crippen LogP contribution >= 0.6 is 22.6 Å². The van der Waals surface area contributed by atoms with E-state index in [1.807, 2.05) is 50.4 Å². The van der Waals surface area contributed by atoms with E-state index in [-0.39, 0.29) is 24.1 Å². The molecule has 2 aliphatic carbocycles. The van der Waals surface area contributed by atoms with E-state index in [2.05, 4.69) is 32.8 Å². The number of ketones is 2. The highest BCUT2D eigenvalue weighted by atomic mass is 127. The van der Waals surface area contributed by atoms with Gasteiger partial charge in [0.15, 0.2) is 29.7 Å². The molecule has 8 heteroatoms. The van der Waals surface area contributed by atoms with E-state index in [1.54, 1.807) is 7.11 Å². The fraction of sp³-hybridized carbons (Fsp3) is 0.367. The molecule has 1 heterocycles. The van der Waals surface area contributed by atoms with Crippen molar-refractivity contribution in [3.8, 4) is 11.5 Å². The van der Waals surface area contributed by atoms with Crippen molar-refractivity contribution in [1.82, 2.24) is 4.90 Å². The molecule has 1 aliphatic heterocycles. The SMILES string of the molecule is COc1cc(C2C3=C(CCCC3=O)N(C)C3=C2C(=O)CCC3)cc(I)c1OCC(=O)Nc1ccc(C)cc1. The highest BCUT2D eigenvalue weighted by Gasteiger charge is 2.42. The number of nitrogens with one attached hydrogen (secondary N) is 1. The topological polar surface area (TPSA) is 84.9 Å². The van der Waals surface area contributed by atoms with Gasteiger partial charge in [-0.1, -0.05) is 17.7 Å². The van der Waals surface area contributed by atoms with Crippen LogP contribution in [0.15, 0.2) is 58.9 Å². The van der Waals surface area contributed by atoms with E-state index >= 15 is 0 Å². The van der Waals surface area contributed by atoms with Gasteiger partial charge in [0, 0.05) is 54.0 Å². The Bertz CT molecular complexity index is 1330. The Hall–Kier alpha value is -3.14. The molecule has 1 N–H and O–H groups in total. The summed E-state index contributed by atoms with van der Waals surface area (Å²) in [6.45, 7) is 1.80. The van der Waals surface area contributed by atoms with Crippen molar-refractivity contribution in [2.75, 3.05) is 26.1 Å². The number of nitrogens with zero attached hydrogens (tertiary/aromatic N) is 1. The van der Waals surface area contributed by atoms with Crippen LogP contribution in [-0.2, 0) is 14.4 Å². The first-order chi connectivity index (χ1) is 18.3. The number of allylic oxidation sites excluding steroid dienone is 4. The number of benzene rings is 2. The Balaban J connectivity index is 1.47. The minimum atomic E-state index is -0.418. The molecule has 0 radical (unpaired) electrons. The highest BCUT2D eigenvalue weighted by Crippen LogP contribution is 2.50. The molecule has 0 fully saturated rings. The molecule has 38 heavy (non-hydrogen) atoms. The molecular formula is C30H31IN2O5. The number of aryl methyl sites for hydroxylation is 1. The van der Waals surface area contributed by atoms with Crippen LogP contribution in [0.4, 0.5) is 5.69 Å². The Morgan fingerprint density at radius 2 is 1.61 bits per heavy atom. The summed E-state index contributed by atoms with van der Waals surface area (Å²) >= 11 is 2.17. The summed E-state index contributed by atoms with van der Waals surface area (Å²) in [4.78, 5) is 41.2. The van der Waals surface area contributed by atoms with Gasteiger partial charge in [0.2, 0.25) is 0 Å². The van der Waals surface area contributed by atoms with Crippen LogP contribution in [0.2, 0.25) is 0 Å². The van der Waals surface area contributed by atoms with E-state index in [1.165, 1.54) is 0 Å². The molecule has 5 rings (SSSR count). The number of methoxy groups -OCH3 is 1. The Kier molecular flexibility index (Phi) is 7.61.